The first-order valence-corrected chi connectivity index (χ1v) is 10.7. The molecule has 1 amide bonds. The number of hydrogen-bond donors (Lipinski definition) is 1. The molecule has 3 rings (SSSR count). The molecule has 2 N–H and O–H groups in total. The van der Waals surface area contributed by atoms with E-state index in [1.54, 1.807) is 13.1 Å². The summed E-state index contributed by atoms with van der Waals surface area (Å²) in [4.78, 5) is 14.1. The van der Waals surface area contributed by atoms with E-state index in [9.17, 15) is 13.2 Å². The van der Waals surface area contributed by atoms with Crippen molar-refractivity contribution in [3.8, 4) is 0 Å². The van der Waals surface area contributed by atoms with Crippen LogP contribution in [0.3, 0.4) is 0 Å². The van der Waals surface area contributed by atoms with Gasteiger partial charge < -0.3 is 10.6 Å². The predicted molar refractivity (Wildman–Crippen MR) is 109 cm³/mol. The molecule has 146 valence electrons. The quantitative estimate of drug-likeness (QED) is 0.839. The first-order chi connectivity index (χ1) is 12.7. The maximum absolute atomic E-state index is 12.2. The van der Waals surface area contributed by atoms with Crippen LogP contribution in [0.5, 0.6) is 0 Å². The lowest BCUT2D eigenvalue weighted by Crippen LogP contribution is -2.48. The number of nitrogens with zero attached hydrogens (tertiary/aromatic N) is 2. The highest BCUT2D eigenvalue weighted by atomic mass is 32.2. The second-order valence-corrected chi connectivity index (χ2v) is 9.34. The molecule has 1 saturated heterocycles. The lowest BCUT2D eigenvalue weighted by Gasteiger charge is -2.39. The molecule has 0 radical (unpaired) electrons. The molecular weight excluding hydrogens is 362 g/mol. The molecular formula is C20H27N3O3S. The number of likely N-dealkylation sites (N-methyl/N-ethyl adjacent to an activating group) is 1. The van der Waals surface area contributed by atoms with Gasteiger partial charge in [-0.1, -0.05) is 12.2 Å². The van der Waals surface area contributed by atoms with E-state index in [0.717, 1.165) is 48.0 Å². The first-order valence-electron chi connectivity index (χ1n) is 9.15. The van der Waals surface area contributed by atoms with Crippen LogP contribution in [0.4, 0.5) is 5.69 Å². The van der Waals surface area contributed by atoms with Gasteiger partial charge in [-0.3, -0.25) is 4.79 Å². The van der Waals surface area contributed by atoms with E-state index in [4.69, 9.17) is 5.73 Å². The molecule has 1 unspecified atom stereocenters. The van der Waals surface area contributed by atoms with Gasteiger partial charge in [0.1, 0.15) is 0 Å². The van der Waals surface area contributed by atoms with Gasteiger partial charge in [-0.15, -0.1) is 0 Å². The summed E-state index contributed by atoms with van der Waals surface area (Å²) in [7, 11) is -1.84. The fourth-order valence-electron chi connectivity index (χ4n) is 4.14. The number of allylic oxidation sites excluding steroid dienone is 2. The van der Waals surface area contributed by atoms with Gasteiger partial charge in [0.2, 0.25) is 15.9 Å². The van der Waals surface area contributed by atoms with E-state index in [1.165, 1.54) is 15.5 Å². The molecule has 0 spiro atoms. The maximum Gasteiger partial charge on any atom is 0.249 e. The smallest absolute Gasteiger partial charge is 0.249 e. The summed E-state index contributed by atoms with van der Waals surface area (Å²) in [5.74, 6) is -0.409. The van der Waals surface area contributed by atoms with Crippen LogP contribution in [0.1, 0.15) is 48.2 Å². The summed E-state index contributed by atoms with van der Waals surface area (Å²) in [6.07, 6.45) is 2.44. The van der Waals surface area contributed by atoms with E-state index < -0.39 is 15.9 Å². The number of primary amides is 1. The van der Waals surface area contributed by atoms with E-state index in [-0.39, 0.29) is 6.04 Å². The van der Waals surface area contributed by atoms with Gasteiger partial charge in [-0.05, 0) is 56.4 Å². The topological polar surface area (TPSA) is 83.7 Å². The van der Waals surface area contributed by atoms with E-state index >= 15 is 0 Å². The number of anilines is 1. The molecule has 0 aromatic heterocycles. The van der Waals surface area contributed by atoms with Crippen LogP contribution in [0, 0.1) is 0 Å². The van der Waals surface area contributed by atoms with E-state index in [1.807, 2.05) is 6.07 Å². The second-order valence-electron chi connectivity index (χ2n) is 7.40. The maximum atomic E-state index is 12.2. The zero-order valence-electron chi connectivity index (χ0n) is 16.2. The Kier molecular flexibility index (Phi) is 5.18. The summed E-state index contributed by atoms with van der Waals surface area (Å²) in [6.45, 7) is 9.04. The normalized spacial score (nSPS) is 20.1. The fourth-order valence-corrected chi connectivity index (χ4v) is 4.96. The van der Waals surface area contributed by atoms with Gasteiger partial charge in [0.05, 0.1) is 0 Å². The number of fused-ring (bicyclic) bond motifs is 1. The van der Waals surface area contributed by atoms with Crippen molar-refractivity contribution in [1.82, 2.24) is 4.31 Å². The van der Waals surface area contributed by atoms with Crippen LogP contribution in [-0.4, -0.2) is 44.8 Å². The fraction of sp³-hybridized carbons (Fsp3) is 0.450. The van der Waals surface area contributed by atoms with Crippen molar-refractivity contribution in [3.63, 3.8) is 0 Å². The zero-order valence-corrected chi connectivity index (χ0v) is 17.0. The monoisotopic (exact) mass is 389 g/mol. The molecule has 1 atom stereocenters. The molecule has 0 bridgehead atoms. The van der Waals surface area contributed by atoms with Gasteiger partial charge in [-0.2, -0.15) is 4.31 Å². The summed E-state index contributed by atoms with van der Waals surface area (Å²) < 4.78 is 25.8. The van der Waals surface area contributed by atoms with Crippen molar-refractivity contribution in [3.05, 3.63) is 46.4 Å². The van der Waals surface area contributed by atoms with Gasteiger partial charge in [-0.25, -0.2) is 8.42 Å². The molecule has 1 aromatic rings. The van der Waals surface area contributed by atoms with E-state index in [2.05, 4.69) is 25.3 Å². The van der Waals surface area contributed by atoms with Crippen molar-refractivity contribution < 1.29 is 13.2 Å². The van der Waals surface area contributed by atoms with Crippen LogP contribution in [0.2, 0.25) is 0 Å². The molecule has 2 aliphatic rings. The van der Waals surface area contributed by atoms with E-state index in [0.29, 0.717) is 12.1 Å². The van der Waals surface area contributed by atoms with Crippen molar-refractivity contribution in [2.24, 2.45) is 5.73 Å². The van der Waals surface area contributed by atoms with Gasteiger partial charge in [0.15, 0.2) is 0 Å². The Morgan fingerprint density at radius 2 is 2.07 bits per heavy atom. The molecule has 7 heteroatoms. The highest BCUT2D eigenvalue weighted by Gasteiger charge is 2.32. The third-order valence-corrected chi connectivity index (χ3v) is 7.40. The van der Waals surface area contributed by atoms with Crippen LogP contribution in [-0.2, 0) is 16.4 Å². The van der Waals surface area contributed by atoms with Crippen molar-refractivity contribution in [1.29, 1.82) is 0 Å². The third-order valence-electron chi connectivity index (χ3n) is 5.88. The van der Waals surface area contributed by atoms with Crippen LogP contribution < -0.4 is 10.6 Å². The number of amides is 1. The average molecular weight is 390 g/mol. The van der Waals surface area contributed by atoms with Gasteiger partial charge in [0.25, 0.3) is 0 Å². The Bertz CT molecular complexity index is 934. The number of hydrogen-bond acceptors (Lipinski definition) is 4. The van der Waals surface area contributed by atoms with Gasteiger partial charge >= 0.3 is 0 Å². The van der Waals surface area contributed by atoms with Crippen LogP contribution in [0.25, 0.3) is 5.57 Å². The van der Waals surface area contributed by atoms with Gasteiger partial charge in [0, 0.05) is 48.4 Å². The van der Waals surface area contributed by atoms with Crippen molar-refractivity contribution >= 4 is 27.2 Å². The molecule has 1 aromatic carbocycles. The number of carbonyl (C=O) groups excluding carboxylic acids is 1. The Morgan fingerprint density at radius 1 is 1.37 bits per heavy atom. The lowest BCUT2D eigenvalue weighted by atomic mass is 9.95. The molecule has 6 nitrogen and oxygen atoms in total. The SMILES string of the molecule is C=CS(=O)(=O)N(C)C1CCCN(c2ccc(C(N)=O)c3c2C(C)=C(C)C3)C1. The van der Waals surface area contributed by atoms with Crippen LogP contribution >= 0.6 is 0 Å². The van der Waals surface area contributed by atoms with Crippen molar-refractivity contribution in [2.75, 3.05) is 25.0 Å². The summed E-state index contributed by atoms with van der Waals surface area (Å²) in [5, 5.41) is 1.00. The summed E-state index contributed by atoms with van der Waals surface area (Å²) >= 11 is 0. The highest BCUT2D eigenvalue weighted by molar-refractivity contribution is 7.92. The average Bonchev–Trinajstić information content (AvgIpc) is 2.95. The Morgan fingerprint density at radius 3 is 2.70 bits per heavy atom. The third kappa shape index (κ3) is 3.41. The Balaban J connectivity index is 1.99. The molecule has 1 aliphatic heterocycles. The Hall–Kier alpha value is -2.12. The van der Waals surface area contributed by atoms with Crippen molar-refractivity contribution in [2.45, 2.75) is 39.2 Å². The minimum atomic E-state index is -3.45. The number of rotatable bonds is 5. The summed E-state index contributed by atoms with van der Waals surface area (Å²) in [5.41, 5.74) is 11.7. The highest BCUT2D eigenvalue weighted by Crippen LogP contribution is 2.41. The number of benzene rings is 1. The number of piperidine rings is 1. The second kappa shape index (κ2) is 7.13. The number of carbonyl (C=O) groups is 1. The molecule has 0 saturated carbocycles. The first kappa shape index (κ1) is 19.6. The number of nitrogens with two attached hydrogens (primary N) is 1. The largest absolute Gasteiger partial charge is 0.369 e. The lowest BCUT2D eigenvalue weighted by molar-refractivity contribution is 0.0999. The zero-order chi connectivity index (χ0) is 19.9. The minimum Gasteiger partial charge on any atom is -0.369 e. The number of sulfonamides is 1. The molecule has 1 heterocycles. The molecule has 1 fully saturated rings. The molecule has 27 heavy (non-hydrogen) atoms. The molecule has 1 aliphatic carbocycles. The standard InChI is InChI=1S/C20H27N3O3S/c1-5-27(25,26)22(4)15-7-6-10-23(12-15)18-9-8-16(20(21)24)17-11-13(2)14(3)19(17)18/h5,8-9,15H,1,6-7,10-12H2,2-4H3,(H2,21,24). The Labute approximate surface area is 161 Å². The minimum absolute atomic E-state index is 0.111. The predicted octanol–water partition coefficient (Wildman–Crippen LogP) is 2.51. The summed E-state index contributed by atoms with van der Waals surface area (Å²) in [6, 6.07) is 3.64. The van der Waals surface area contributed by atoms with Crippen LogP contribution in [0.15, 0.2) is 29.7 Å².